The molecule has 0 aromatic heterocycles. The van der Waals surface area contributed by atoms with Crippen molar-refractivity contribution in [3.05, 3.63) is 82.7 Å². The molecule has 0 N–H and O–H groups in total. The predicted molar refractivity (Wildman–Crippen MR) is 99.3 cm³/mol. The Balaban J connectivity index is 1.86. The van der Waals surface area contributed by atoms with Crippen molar-refractivity contribution < 1.29 is 28.2 Å². The van der Waals surface area contributed by atoms with Crippen LogP contribution in [0.15, 0.2) is 54.6 Å². The maximum Gasteiger partial charge on any atom is 0.198 e. The lowest BCUT2D eigenvalue weighted by atomic mass is 9.83. The minimum Gasteiger partial charge on any atom is -0.497 e. The van der Waals surface area contributed by atoms with E-state index in [1.54, 1.807) is 42.5 Å². The van der Waals surface area contributed by atoms with Crippen LogP contribution in [0, 0.1) is 5.82 Å². The summed E-state index contributed by atoms with van der Waals surface area (Å²) in [5.41, 5.74) is 0.519. The van der Waals surface area contributed by atoms with Gasteiger partial charge in [-0.2, -0.15) is 0 Å². The van der Waals surface area contributed by atoms with Gasteiger partial charge >= 0.3 is 0 Å². The summed E-state index contributed by atoms with van der Waals surface area (Å²) in [5, 5.41) is 0. The summed E-state index contributed by atoms with van der Waals surface area (Å²) in [6.45, 7) is 0. The second-order valence-corrected chi connectivity index (χ2v) is 6.15. The Morgan fingerprint density at radius 1 is 0.714 bits per heavy atom. The molecule has 1 aliphatic carbocycles. The summed E-state index contributed by atoms with van der Waals surface area (Å²) in [7, 11) is 2.97. The van der Waals surface area contributed by atoms with E-state index >= 15 is 0 Å². The van der Waals surface area contributed by atoms with Gasteiger partial charge in [0.25, 0.3) is 0 Å². The molecule has 4 rings (SSSR count). The van der Waals surface area contributed by atoms with Crippen LogP contribution in [0.25, 0.3) is 0 Å². The van der Waals surface area contributed by atoms with Gasteiger partial charge in [0.05, 0.1) is 19.8 Å². The first kappa shape index (κ1) is 17.7. The molecule has 0 amide bonds. The van der Waals surface area contributed by atoms with Crippen LogP contribution in [0.5, 0.6) is 23.0 Å². The maximum atomic E-state index is 14.2. The Labute approximate surface area is 160 Å². The van der Waals surface area contributed by atoms with Crippen LogP contribution >= 0.6 is 0 Å². The van der Waals surface area contributed by atoms with Crippen LogP contribution < -0.4 is 14.2 Å². The molecule has 0 unspecified atom stereocenters. The number of halogens is 1. The van der Waals surface area contributed by atoms with Crippen molar-refractivity contribution >= 4 is 11.6 Å². The molecule has 140 valence electrons. The third kappa shape index (κ3) is 2.79. The van der Waals surface area contributed by atoms with Gasteiger partial charge in [-0.1, -0.05) is 24.3 Å². The molecule has 0 saturated heterocycles. The lowest BCUT2D eigenvalue weighted by Gasteiger charge is -2.21. The first-order valence-corrected chi connectivity index (χ1v) is 8.45. The van der Waals surface area contributed by atoms with Gasteiger partial charge in [-0.05, 0) is 18.2 Å². The highest BCUT2D eigenvalue weighted by Crippen LogP contribution is 2.39. The Morgan fingerprint density at radius 3 is 2.11 bits per heavy atom. The van der Waals surface area contributed by atoms with Gasteiger partial charge in [-0.25, -0.2) is 4.39 Å². The molecule has 3 aromatic rings. The molecule has 6 heteroatoms. The topological polar surface area (TPSA) is 61.8 Å². The zero-order chi connectivity index (χ0) is 19.8. The standard InChI is InChI=1S/C22H15FO5/c1-26-13-7-8-17(18(11-13)27-2)28-19-10-12(23)9-16-20(19)22(25)15-6-4-3-5-14(15)21(16)24/h3-11H,1-2H3. The highest BCUT2D eigenvalue weighted by molar-refractivity contribution is 6.29. The zero-order valence-electron chi connectivity index (χ0n) is 15.1. The Morgan fingerprint density at radius 2 is 1.43 bits per heavy atom. The van der Waals surface area contributed by atoms with Crippen molar-refractivity contribution in [3.8, 4) is 23.0 Å². The molecular formula is C22H15FO5. The number of hydrogen-bond donors (Lipinski definition) is 0. The first-order valence-electron chi connectivity index (χ1n) is 8.45. The lowest BCUT2D eigenvalue weighted by Crippen LogP contribution is -2.21. The zero-order valence-corrected chi connectivity index (χ0v) is 15.1. The molecular weight excluding hydrogens is 363 g/mol. The number of benzene rings is 3. The summed E-state index contributed by atoms with van der Waals surface area (Å²) in [6, 6.07) is 13.4. The van der Waals surface area contributed by atoms with E-state index in [4.69, 9.17) is 14.2 Å². The molecule has 0 fully saturated rings. The monoisotopic (exact) mass is 378 g/mol. The van der Waals surface area contributed by atoms with Gasteiger partial charge in [-0.15, -0.1) is 0 Å². The molecule has 0 spiro atoms. The fraction of sp³-hybridized carbons (Fsp3) is 0.0909. The predicted octanol–water partition coefficient (Wildman–Crippen LogP) is 4.41. The van der Waals surface area contributed by atoms with Gasteiger partial charge in [-0.3, -0.25) is 9.59 Å². The van der Waals surface area contributed by atoms with Crippen molar-refractivity contribution in [1.29, 1.82) is 0 Å². The second-order valence-electron chi connectivity index (χ2n) is 6.15. The average Bonchev–Trinajstić information content (AvgIpc) is 2.72. The first-order chi connectivity index (χ1) is 13.5. The lowest BCUT2D eigenvalue weighted by molar-refractivity contribution is 0.0976. The van der Waals surface area contributed by atoms with Crippen molar-refractivity contribution in [1.82, 2.24) is 0 Å². The van der Waals surface area contributed by atoms with E-state index < -0.39 is 17.4 Å². The number of ketones is 2. The molecule has 0 heterocycles. The summed E-state index contributed by atoms with van der Waals surface area (Å²) >= 11 is 0. The van der Waals surface area contributed by atoms with Crippen LogP contribution in [-0.2, 0) is 0 Å². The fourth-order valence-corrected chi connectivity index (χ4v) is 3.21. The van der Waals surface area contributed by atoms with Gasteiger partial charge in [0.15, 0.2) is 23.1 Å². The minimum absolute atomic E-state index is 0.0221. The second kappa shape index (κ2) is 6.81. The number of ether oxygens (including phenoxy) is 3. The number of carbonyl (C=O) groups is 2. The fourth-order valence-electron chi connectivity index (χ4n) is 3.21. The third-order valence-electron chi connectivity index (χ3n) is 4.55. The largest absolute Gasteiger partial charge is 0.497 e. The quantitative estimate of drug-likeness (QED) is 0.526. The van der Waals surface area contributed by atoms with Gasteiger partial charge < -0.3 is 14.2 Å². The minimum atomic E-state index is -0.679. The molecule has 0 saturated carbocycles. The molecule has 0 radical (unpaired) electrons. The smallest absolute Gasteiger partial charge is 0.198 e. The SMILES string of the molecule is COc1ccc(Oc2cc(F)cc3c2C(=O)c2ccccc2C3=O)c(OC)c1. The average molecular weight is 378 g/mol. The van der Waals surface area contributed by atoms with Crippen molar-refractivity contribution in [2.45, 2.75) is 0 Å². The van der Waals surface area contributed by atoms with Crippen LogP contribution in [0.2, 0.25) is 0 Å². The normalized spacial score (nSPS) is 12.2. The Kier molecular flexibility index (Phi) is 4.31. The number of rotatable bonds is 4. The summed E-state index contributed by atoms with van der Waals surface area (Å²) < 4.78 is 30.5. The molecule has 5 nitrogen and oxygen atoms in total. The maximum absolute atomic E-state index is 14.2. The highest BCUT2D eigenvalue weighted by Gasteiger charge is 2.33. The van der Waals surface area contributed by atoms with Crippen molar-refractivity contribution in [2.24, 2.45) is 0 Å². The molecule has 0 bridgehead atoms. The number of hydrogen-bond acceptors (Lipinski definition) is 5. The molecule has 3 aromatic carbocycles. The Hall–Kier alpha value is -3.67. The number of carbonyl (C=O) groups excluding carboxylic acids is 2. The summed E-state index contributed by atoms with van der Waals surface area (Å²) in [4.78, 5) is 25.8. The Bertz CT molecular complexity index is 1120. The van der Waals surface area contributed by atoms with E-state index in [2.05, 4.69) is 0 Å². The van der Waals surface area contributed by atoms with Crippen LogP contribution in [0.4, 0.5) is 4.39 Å². The van der Waals surface area contributed by atoms with Crippen molar-refractivity contribution in [3.63, 3.8) is 0 Å². The number of methoxy groups -OCH3 is 2. The highest BCUT2D eigenvalue weighted by atomic mass is 19.1. The van der Waals surface area contributed by atoms with E-state index in [9.17, 15) is 14.0 Å². The third-order valence-corrected chi connectivity index (χ3v) is 4.55. The van der Waals surface area contributed by atoms with E-state index in [1.165, 1.54) is 14.2 Å². The van der Waals surface area contributed by atoms with Crippen molar-refractivity contribution in [2.75, 3.05) is 14.2 Å². The van der Waals surface area contributed by atoms with Gasteiger partial charge in [0, 0.05) is 28.8 Å². The molecule has 0 atom stereocenters. The van der Waals surface area contributed by atoms with Gasteiger partial charge in [0.1, 0.15) is 17.3 Å². The van der Waals surface area contributed by atoms with Gasteiger partial charge in [0.2, 0.25) is 0 Å². The number of fused-ring (bicyclic) bond motifs is 2. The van der Waals surface area contributed by atoms with Crippen LogP contribution in [-0.4, -0.2) is 25.8 Å². The molecule has 28 heavy (non-hydrogen) atoms. The molecule has 0 aliphatic heterocycles. The van der Waals surface area contributed by atoms with Crippen LogP contribution in [0.1, 0.15) is 31.8 Å². The van der Waals surface area contributed by atoms with E-state index in [0.717, 1.165) is 12.1 Å². The summed E-state index contributed by atoms with van der Waals surface area (Å²) in [5.74, 6) is -0.398. The van der Waals surface area contributed by atoms with Crippen LogP contribution in [0.3, 0.4) is 0 Å². The summed E-state index contributed by atoms with van der Waals surface area (Å²) in [6.07, 6.45) is 0. The molecule has 1 aliphatic rings. The van der Waals surface area contributed by atoms with E-state index in [0.29, 0.717) is 11.5 Å². The van der Waals surface area contributed by atoms with E-state index in [-0.39, 0.29) is 33.8 Å². The van der Waals surface area contributed by atoms with E-state index in [1.807, 2.05) is 0 Å².